The lowest BCUT2D eigenvalue weighted by Gasteiger charge is -2.12. The van der Waals surface area contributed by atoms with Crippen LogP contribution in [0, 0.1) is 0 Å². The van der Waals surface area contributed by atoms with E-state index in [9.17, 15) is 0 Å². The van der Waals surface area contributed by atoms with Gasteiger partial charge in [-0.2, -0.15) is 0 Å². The van der Waals surface area contributed by atoms with Crippen molar-refractivity contribution in [2.24, 2.45) is 5.73 Å². The summed E-state index contributed by atoms with van der Waals surface area (Å²) in [6, 6.07) is 0. The molecule has 0 heterocycles. The van der Waals surface area contributed by atoms with Crippen LogP contribution < -0.4 is 5.73 Å². The average molecular weight is 257 g/mol. The smallest absolute Gasteiger partial charge is 0.105 e. The molecule has 0 amide bonds. The first-order valence-corrected chi connectivity index (χ1v) is 8.18. The minimum Gasteiger partial charge on any atom is -0.364 e. The zero-order chi connectivity index (χ0) is 13.5. The summed E-state index contributed by atoms with van der Waals surface area (Å²) in [5.41, 5.74) is 5.89. The molecule has 110 valence electrons. The summed E-state index contributed by atoms with van der Waals surface area (Å²) in [6.45, 7) is 5.27. The van der Waals surface area contributed by atoms with E-state index >= 15 is 0 Å². The minimum absolute atomic E-state index is 0.0268. The number of rotatable bonds is 14. The van der Waals surface area contributed by atoms with Crippen molar-refractivity contribution in [1.82, 2.24) is 0 Å². The van der Waals surface area contributed by atoms with Gasteiger partial charge in [-0.15, -0.1) is 0 Å². The van der Waals surface area contributed by atoms with E-state index in [1.165, 1.54) is 64.2 Å². The quantitative estimate of drug-likeness (QED) is 0.351. The second-order valence-electron chi connectivity index (χ2n) is 5.38. The first-order valence-electron chi connectivity index (χ1n) is 8.18. The van der Waals surface area contributed by atoms with Gasteiger partial charge in [0.05, 0.1) is 0 Å². The Morgan fingerprint density at radius 3 is 1.78 bits per heavy atom. The Kier molecular flexibility index (Phi) is 14.9. The molecule has 2 heteroatoms. The summed E-state index contributed by atoms with van der Waals surface area (Å²) in [7, 11) is 0. The predicted octanol–water partition coefficient (Wildman–Crippen LogP) is 5.01. The van der Waals surface area contributed by atoms with Gasteiger partial charge in [0.15, 0.2) is 0 Å². The van der Waals surface area contributed by atoms with Crippen molar-refractivity contribution in [3.63, 3.8) is 0 Å². The predicted molar refractivity (Wildman–Crippen MR) is 80.7 cm³/mol. The van der Waals surface area contributed by atoms with Gasteiger partial charge in [0.25, 0.3) is 0 Å². The SMILES string of the molecule is CCCCCCCCCCCC(N)OCCCC. The molecular weight excluding hydrogens is 222 g/mol. The van der Waals surface area contributed by atoms with E-state index in [2.05, 4.69) is 13.8 Å². The highest BCUT2D eigenvalue weighted by atomic mass is 16.5. The third-order valence-electron chi connectivity index (χ3n) is 3.42. The molecular formula is C16H35NO. The number of hydrogen-bond donors (Lipinski definition) is 1. The number of hydrogen-bond acceptors (Lipinski definition) is 2. The van der Waals surface area contributed by atoms with Crippen LogP contribution in [-0.2, 0) is 4.74 Å². The largest absolute Gasteiger partial charge is 0.364 e. The maximum Gasteiger partial charge on any atom is 0.105 e. The zero-order valence-corrected chi connectivity index (χ0v) is 12.8. The molecule has 0 aromatic rings. The molecule has 0 aromatic carbocycles. The maximum absolute atomic E-state index is 5.89. The molecule has 0 saturated heterocycles. The third-order valence-corrected chi connectivity index (χ3v) is 3.42. The first-order chi connectivity index (χ1) is 8.81. The van der Waals surface area contributed by atoms with Crippen molar-refractivity contribution in [1.29, 1.82) is 0 Å². The lowest BCUT2D eigenvalue weighted by molar-refractivity contribution is 0.0483. The topological polar surface area (TPSA) is 35.2 Å². The van der Waals surface area contributed by atoms with E-state index in [4.69, 9.17) is 10.5 Å². The molecule has 18 heavy (non-hydrogen) atoms. The fourth-order valence-corrected chi connectivity index (χ4v) is 2.12. The Morgan fingerprint density at radius 2 is 1.22 bits per heavy atom. The summed E-state index contributed by atoms with van der Waals surface area (Å²) < 4.78 is 5.53. The fourth-order valence-electron chi connectivity index (χ4n) is 2.12. The van der Waals surface area contributed by atoms with E-state index in [0.717, 1.165) is 19.4 Å². The van der Waals surface area contributed by atoms with Crippen LogP contribution in [0.25, 0.3) is 0 Å². The van der Waals surface area contributed by atoms with Gasteiger partial charge < -0.3 is 10.5 Å². The second kappa shape index (κ2) is 15.0. The van der Waals surface area contributed by atoms with Crippen molar-refractivity contribution in [2.45, 2.75) is 97.1 Å². The Hall–Kier alpha value is -0.0800. The second-order valence-corrected chi connectivity index (χ2v) is 5.38. The van der Waals surface area contributed by atoms with Crippen LogP contribution in [0.4, 0.5) is 0 Å². The highest BCUT2D eigenvalue weighted by molar-refractivity contribution is 4.51. The molecule has 0 saturated carbocycles. The third kappa shape index (κ3) is 14.0. The Bertz CT molecular complexity index is 150. The molecule has 0 aliphatic rings. The Morgan fingerprint density at radius 1 is 0.722 bits per heavy atom. The molecule has 1 unspecified atom stereocenters. The lowest BCUT2D eigenvalue weighted by atomic mass is 10.1. The number of ether oxygens (including phenoxy) is 1. The number of unbranched alkanes of at least 4 members (excludes halogenated alkanes) is 9. The average Bonchev–Trinajstić information content (AvgIpc) is 2.37. The fraction of sp³-hybridized carbons (Fsp3) is 1.00. The van der Waals surface area contributed by atoms with Crippen LogP contribution >= 0.6 is 0 Å². The minimum atomic E-state index is -0.0268. The molecule has 0 rings (SSSR count). The summed E-state index contributed by atoms with van der Waals surface area (Å²) in [4.78, 5) is 0. The first kappa shape index (κ1) is 17.9. The number of nitrogens with two attached hydrogens (primary N) is 1. The molecule has 0 aromatic heterocycles. The molecule has 0 fully saturated rings. The van der Waals surface area contributed by atoms with Crippen molar-refractivity contribution < 1.29 is 4.74 Å². The molecule has 0 aliphatic carbocycles. The molecule has 0 bridgehead atoms. The standard InChI is InChI=1S/C16H35NO/c1-3-5-7-8-9-10-11-12-13-14-16(17)18-15-6-4-2/h16H,3-15,17H2,1-2H3. The van der Waals surface area contributed by atoms with Crippen LogP contribution in [0.15, 0.2) is 0 Å². The molecule has 2 nitrogen and oxygen atoms in total. The molecule has 0 spiro atoms. The maximum atomic E-state index is 5.89. The van der Waals surface area contributed by atoms with Gasteiger partial charge in [-0.05, 0) is 19.3 Å². The van der Waals surface area contributed by atoms with Crippen LogP contribution in [0.2, 0.25) is 0 Å². The molecule has 1 atom stereocenters. The summed E-state index contributed by atoms with van der Waals surface area (Å²) in [6.07, 6.45) is 15.6. The van der Waals surface area contributed by atoms with Gasteiger partial charge in [0.1, 0.15) is 6.23 Å². The van der Waals surface area contributed by atoms with Crippen LogP contribution in [0.1, 0.15) is 90.9 Å². The summed E-state index contributed by atoms with van der Waals surface area (Å²) in [5, 5.41) is 0. The van der Waals surface area contributed by atoms with Gasteiger partial charge in [0.2, 0.25) is 0 Å². The van der Waals surface area contributed by atoms with Gasteiger partial charge in [-0.1, -0.05) is 71.6 Å². The van der Waals surface area contributed by atoms with E-state index < -0.39 is 0 Å². The zero-order valence-electron chi connectivity index (χ0n) is 12.8. The Balaban J connectivity index is 3.05. The molecule has 2 N–H and O–H groups in total. The van der Waals surface area contributed by atoms with Gasteiger partial charge in [0, 0.05) is 6.61 Å². The van der Waals surface area contributed by atoms with Crippen LogP contribution in [0.5, 0.6) is 0 Å². The van der Waals surface area contributed by atoms with Crippen molar-refractivity contribution in [3.05, 3.63) is 0 Å². The van der Waals surface area contributed by atoms with Crippen LogP contribution in [-0.4, -0.2) is 12.8 Å². The summed E-state index contributed by atoms with van der Waals surface area (Å²) in [5.74, 6) is 0. The van der Waals surface area contributed by atoms with Crippen molar-refractivity contribution >= 4 is 0 Å². The van der Waals surface area contributed by atoms with Crippen molar-refractivity contribution in [2.75, 3.05) is 6.61 Å². The van der Waals surface area contributed by atoms with Gasteiger partial charge in [-0.3, -0.25) is 0 Å². The normalized spacial score (nSPS) is 12.8. The lowest BCUT2D eigenvalue weighted by Crippen LogP contribution is -2.24. The Labute approximate surface area is 115 Å². The highest BCUT2D eigenvalue weighted by Gasteiger charge is 2.01. The van der Waals surface area contributed by atoms with Gasteiger partial charge >= 0.3 is 0 Å². The highest BCUT2D eigenvalue weighted by Crippen LogP contribution is 2.11. The van der Waals surface area contributed by atoms with E-state index in [-0.39, 0.29) is 6.23 Å². The summed E-state index contributed by atoms with van der Waals surface area (Å²) >= 11 is 0. The van der Waals surface area contributed by atoms with Gasteiger partial charge in [-0.25, -0.2) is 0 Å². The van der Waals surface area contributed by atoms with E-state index in [0.29, 0.717) is 0 Å². The van der Waals surface area contributed by atoms with E-state index in [1.54, 1.807) is 0 Å². The van der Waals surface area contributed by atoms with Crippen molar-refractivity contribution in [3.8, 4) is 0 Å². The van der Waals surface area contributed by atoms with Crippen LogP contribution in [0.3, 0.4) is 0 Å². The van der Waals surface area contributed by atoms with E-state index in [1.807, 2.05) is 0 Å². The monoisotopic (exact) mass is 257 g/mol. The molecule has 0 radical (unpaired) electrons. The molecule has 0 aliphatic heterocycles.